The van der Waals surface area contributed by atoms with Crippen molar-refractivity contribution in [3.05, 3.63) is 77.0 Å². The highest BCUT2D eigenvalue weighted by molar-refractivity contribution is 7.93. The summed E-state index contributed by atoms with van der Waals surface area (Å²) in [7, 11) is -7.50. The molecule has 0 amide bonds. The smallest absolute Gasteiger partial charge is 0.263 e. The van der Waals surface area contributed by atoms with Crippen LogP contribution in [0.25, 0.3) is 22.2 Å². The highest BCUT2D eigenvalue weighted by Gasteiger charge is 2.29. The van der Waals surface area contributed by atoms with Gasteiger partial charge < -0.3 is 0 Å². The Morgan fingerprint density at radius 1 is 0.971 bits per heavy atom. The van der Waals surface area contributed by atoms with Crippen LogP contribution in [0.3, 0.4) is 0 Å². The van der Waals surface area contributed by atoms with Crippen molar-refractivity contribution < 1.29 is 16.8 Å². The van der Waals surface area contributed by atoms with E-state index in [0.717, 1.165) is 10.9 Å². The topological polar surface area (TPSA) is 109 Å². The fourth-order valence-electron chi connectivity index (χ4n) is 3.90. The number of hydrogen-bond donors (Lipinski definition) is 1. The Morgan fingerprint density at radius 2 is 1.80 bits per heavy atom. The van der Waals surface area contributed by atoms with E-state index in [1.165, 1.54) is 28.6 Å². The second kappa shape index (κ2) is 8.94. The predicted octanol–water partition coefficient (Wildman–Crippen LogP) is 4.94. The number of benzene rings is 2. The third kappa shape index (κ3) is 4.66. The van der Waals surface area contributed by atoms with Crippen molar-refractivity contribution in [1.29, 1.82) is 0 Å². The highest BCUT2D eigenvalue weighted by atomic mass is 35.5. The van der Waals surface area contributed by atoms with E-state index in [2.05, 4.69) is 14.7 Å². The number of anilines is 2. The summed E-state index contributed by atoms with van der Waals surface area (Å²) < 4.78 is 54.3. The van der Waals surface area contributed by atoms with Gasteiger partial charge in [0.1, 0.15) is 4.90 Å². The molecule has 4 aromatic rings. The maximum absolute atomic E-state index is 13.1. The van der Waals surface area contributed by atoms with Crippen molar-refractivity contribution in [3.63, 3.8) is 0 Å². The molecule has 1 fully saturated rings. The normalized spacial score (nSPS) is 15.4. The first kappa shape index (κ1) is 23.8. The van der Waals surface area contributed by atoms with E-state index < -0.39 is 20.0 Å². The molecule has 0 aliphatic carbocycles. The molecule has 1 saturated heterocycles. The lowest BCUT2D eigenvalue weighted by Crippen LogP contribution is -2.25. The van der Waals surface area contributed by atoms with Crippen molar-refractivity contribution in [1.82, 2.24) is 9.97 Å². The lowest BCUT2D eigenvalue weighted by atomic mass is 10.1. The summed E-state index contributed by atoms with van der Waals surface area (Å²) in [6, 6.07) is 14.2. The zero-order chi connectivity index (χ0) is 24.8. The van der Waals surface area contributed by atoms with E-state index in [4.69, 9.17) is 23.2 Å². The van der Waals surface area contributed by atoms with E-state index in [-0.39, 0.29) is 21.4 Å². The molecule has 12 heteroatoms. The van der Waals surface area contributed by atoms with E-state index in [1.807, 2.05) is 6.07 Å². The first-order valence-corrected chi connectivity index (χ1v) is 14.3. The molecule has 1 aliphatic rings. The molecule has 180 valence electrons. The first-order valence-electron chi connectivity index (χ1n) is 10.5. The molecule has 5 rings (SSSR count). The zero-order valence-electron chi connectivity index (χ0n) is 18.0. The largest absolute Gasteiger partial charge is 0.280 e. The van der Waals surface area contributed by atoms with Crippen LogP contribution in [0, 0.1) is 0 Å². The van der Waals surface area contributed by atoms with Gasteiger partial charge >= 0.3 is 0 Å². The molecule has 0 unspecified atom stereocenters. The average molecular weight is 549 g/mol. The van der Waals surface area contributed by atoms with Gasteiger partial charge in [-0.05, 0) is 61.0 Å². The van der Waals surface area contributed by atoms with Crippen LogP contribution in [0.5, 0.6) is 0 Å². The van der Waals surface area contributed by atoms with Crippen LogP contribution in [0.1, 0.15) is 6.42 Å². The molecule has 35 heavy (non-hydrogen) atoms. The predicted molar refractivity (Wildman–Crippen MR) is 138 cm³/mol. The number of hydrogen-bond acceptors (Lipinski definition) is 6. The van der Waals surface area contributed by atoms with Gasteiger partial charge in [0.05, 0.1) is 32.7 Å². The summed E-state index contributed by atoms with van der Waals surface area (Å²) in [6.45, 7) is 0.329. The second-order valence-electron chi connectivity index (χ2n) is 7.92. The molecule has 2 aromatic heterocycles. The Bertz CT molecular complexity index is 1680. The molecular formula is C23H18Cl2N4O4S2. The van der Waals surface area contributed by atoms with Gasteiger partial charge in [0, 0.05) is 35.6 Å². The summed E-state index contributed by atoms with van der Waals surface area (Å²) in [4.78, 5) is 8.50. The summed E-state index contributed by atoms with van der Waals surface area (Å²) in [6.07, 6.45) is 3.84. The molecule has 0 atom stereocenters. The molecule has 1 aliphatic heterocycles. The van der Waals surface area contributed by atoms with E-state index in [9.17, 15) is 16.8 Å². The summed E-state index contributed by atoms with van der Waals surface area (Å²) in [5, 5.41) is 1.18. The Balaban J connectivity index is 1.46. The van der Waals surface area contributed by atoms with E-state index in [1.54, 1.807) is 36.7 Å². The fraction of sp³-hybridized carbons (Fsp3) is 0.130. The minimum atomic E-state index is -4.08. The fourth-order valence-corrected chi connectivity index (χ4v) is 7.26. The van der Waals surface area contributed by atoms with Crippen molar-refractivity contribution >= 4 is 65.5 Å². The first-order chi connectivity index (χ1) is 16.6. The molecule has 3 heterocycles. The number of fused-ring (bicyclic) bond motifs is 1. The monoisotopic (exact) mass is 548 g/mol. The van der Waals surface area contributed by atoms with Crippen LogP contribution < -0.4 is 9.03 Å². The Hall–Kier alpha value is -2.92. The number of sulfonamides is 2. The van der Waals surface area contributed by atoms with Crippen LogP contribution in [0.4, 0.5) is 11.4 Å². The molecular weight excluding hydrogens is 531 g/mol. The summed E-state index contributed by atoms with van der Waals surface area (Å²) in [5.74, 6) is 0.0497. The maximum Gasteiger partial charge on any atom is 0.263 e. The summed E-state index contributed by atoms with van der Waals surface area (Å²) in [5.41, 5.74) is 2.45. The van der Waals surface area contributed by atoms with Crippen molar-refractivity contribution in [3.8, 4) is 11.3 Å². The highest BCUT2D eigenvalue weighted by Crippen LogP contribution is 2.34. The van der Waals surface area contributed by atoms with Crippen LogP contribution >= 0.6 is 23.2 Å². The average Bonchev–Trinajstić information content (AvgIpc) is 3.18. The Morgan fingerprint density at radius 3 is 2.54 bits per heavy atom. The van der Waals surface area contributed by atoms with Gasteiger partial charge in [-0.25, -0.2) is 21.8 Å². The molecule has 0 saturated carbocycles. The van der Waals surface area contributed by atoms with Gasteiger partial charge in [0.25, 0.3) is 10.0 Å². The minimum Gasteiger partial charge on any atom is -0.280 e. The van der Waals surface area contributed by atoms with Crippen molar-refractivity contribution in [2.75, 3.05) is 21.3 Å². The van der Waals surface area contributed by atoms with Crippen LogP contribution in [-0.4, -0.2) is 39.1 Å². The number of nitrogens with one attached hydrogen (secondary N) is 1. The van der Waals surface area contributed by atoms with Crippen LogP contribution in [-0.2, 0) is 20.0 Å². The number of aromatic nitrogens is 2. The lowest BCUT2D eigenvalue weighted by molar-refractivity contribution is 0.599. The quantitative estimate of drug-likeness (QED) is 0.378. The molecule has 0 radical (unpaired) electrons. The zero-order valence-corrected chi connectivity index (χ0v) is 21.2. The van der Waals surface area contributed by atoms with Crippen molar-refractivity contribution in [2.24, 2.45) is 0 Å². The van der Waals surface area contributed by atoms with Crippen LogP contribution in [0.2, 0.25) is 10.0 Å². The molecule has 0 spiro atoms. The standard InChI is InChI=1S/C23H18Cl2N4O4S2/c24-19-5-3-16(12-18(19)22-6-2-15-14-26-9-8-21(15)27-22)28-35(32,33)23-7-4-17(13-20(23)25)29-10-1-11-34(29,30)31/h2-9,12-14,28H,1,10-11H2. The number of pyridine rings is 2. The number of halogens is 2. The van der Waals surface area contributed by atoms with E-state index in [0.29, 0.717) is 34.9 Å². The third-order valence-electron chi connectivity index (χ3n) is 5.58. The Labute approximate surface area is 212 Å². The van der Waals surface area contributed by atoms with Crippen molar-refractivity contribution in [2.45, 2.75) is 11.3 Å². The molecule has 1 N–H and O–H groups in total. The van der Waals surface area contributed by atoms with Gasteiger partial charge in [0.2, 0.25) is 10.0 Å². The maximum atomic E-state index is 13.1. The summed E-state index contributed by atoms with van der Waals surface area (Å²) >= 11 is 12.7. The molecule has 0 bridgehead atoms. The SMILES string of the molecule is O=S(=O)(Nc1ccc(Cl)c(-c2ccc3cnccc3n2)c1)c1ccc(N2CCCS2(=O)=O)cc1Cl. The molecule has 8 nitrogen and oxygen atoms in total. The third-order valence-corrected chi connectivity index (χ3v) is 9.64. The van der Waals surface area contributed by atoms with E-state index >= 15 is 0 Å². The van der Waals surface area contributed by atoms with Gasteiger partial charge in [-0.15, -0.1) is 0 Å². The van der Waals surface area contributed by atoms with Gasteiger partial charge in [-0.3, -0.25) is 14.0 Å². The molecule has 2 aromatic carbocycles. The van der Waals surface area contributed by atoms with Gasteiger partial charge in [-0.1, -0.05) is 23.2 Å². The lowest BCUT2D eigenvalue weighted by Gasteiger charge is -2.18. The number of rotatable bonds is 5. The second-order valence-corrected chi connectivity index (χ2v) is 12.4. The van der Waals surface area contributed by atoms with Gasteiger partial charge in [-0.2, -0.15) is 0 Å². The minimum absolute atomic E-state index is 0.0497. The van der Waals surface area contributed by atoms with Gasteiger partial charge in [0.15, 0.2) is 0 Å². The van der Waals surface area contributed by atoms with Crippen LogP contribution in [0.15, 0.2) is 71.9 Å². The number of nitrogens with zero attached hydrogens (tertiary/aromatic N) is 3. The Kier molecular flexibility index (Phi) is 6.08.